The van der Waals surface area contributed by atoms with Gasteiger partial charge in [0.05, 0.1) is 0 Å². The summed E-state index contributed by atoms with van der Waals surface area (Å²) in [4.78, 5) is 4.63. The summed E-state index contributed by atoms with van der Waals surface area (Å²) in [5, 5.41) is 9.42. The van der Waals surface area contributed by atoms with Gasteiger partial charge in [0.1, 0.15) is 0 Å². The molecular formula is C12H15N5S. The van der Waals surface area contributed by atoms with Gasteiger partial charge in [0.15, 0.2) is 0 Å². The number of nitrogen functional groups attached to an aromatic ring is 1. The Hall–Kier alpha value is -1.82. The first-order chi connectivity index (χ1) is 8.83. The van der Waals surface area contributed by atoms with Crippen LogP contribution in [0.15, 0.2) is 30.3 Å². The Labute approximate surface area is 110 Å². The van der Waals surface area contributed by atoms with Crippen LogP contribution in [-0.2, 0) is 0 Å². The molecule has 1 saturated heterocycles. The normalized spacial score (nSPS) is 16.0. The highest BCUT2D eigenvalue weighted by atomic mass is 32.1. The van der Waals surface area contributed by atoms with Crippen LogP contribution < -0.4 is 15.5 Å². The van der Waals surface area contributed by atoms with Crippen molar-refractivity contribution in [2.24, 2.45) is 0 Å². The quantitative estimate of drug-likeness (QED) is 0.886. The molecule has 1 aliphatic heterocycles. The molecule has 0 saturated carbocycles. The fraction of sp³-hybridized carbons (Fsp3) is 0.333. The second kappa shape index (κ2) is 4.81. The lowest BCUT2D eigenvalue weighted by molar-refractivity contribution is 0.650. The molecule has 0 atom stereocenters. The third kappa shape index (κ3) is 2.24. The van der Waals surface area contributed by atoms with Gasteiger partial charge in [-0.05, 0) is 12.1 Å². The van der Waals surface area contributed by atoms with Gasteiger partial charge in [-0.1, -0.05) is 29.5 Å². The molecule has 6 heteroatoms. The number of aromatic nitrogens is 2. The van der Waals surface area contributed by atoms with Gasteiger partial charge in [-0.15, -0.1) is 10.2 Å². The molecule has 2 aromatic rings. The third-order valence-corrected chi connectivity index (χ3v) is 3.91. The van der Waals surface area contributed by atoms with Crippen LogP contribution in [0.5, 0.6) is 0 Å². The van der Waals surface area contributed by atoms with Crippen LogP contribution in [0.1, 0.15) is 0 Å². The molecule has 0 radical (unpaired) electrons. The van der Waals surface area contributed by atoms with Gasteiger partial charge >= 0.3 is 0 Å². The summed E-state index contributed by atoms with van der Waals surface area (Å²) in [7, 11) is 0. The number of benzene rings is 1. The first kappa shape index (κ1) is 11.3. The summed E-state index contributed by atoms with van der Waals surface area (Å²) in [6.45, 7) is 3.93. The maximum Gasteiger partial charge on any atom is 0.210 e. The Kier molecular flexibility index (Phi) is 3.02. The maximum absolute atomic E-state index is 5.61. The van der Waals surface area contributed by atoms with Crippen LogP contribution >= 0.6 is 11.3 Å². The molecule has 2 heterocycles. The Morgan fingerprint density at radius 1 is 0.944 bits per heavy atom. The van der Waals surface area contributed by atoms with Crippen molar-refractivity contribution in [3.05, 3.63) is 30.3 Å². The number of anilines is 3. The first-order valence-electron chi connectivity index (χ1n) is 5.97. The molecule has 0 spiro atoms. The van der Waals surface area contributed by atoms with E-state index >= 15 is 0 Å². The van der Waals surface area contributed by atoms with Crippen molar-refractivity contribution in [3.63, 3.8) is 0 Å². The van der Waals surface area contributed by atoms with Gasteiger partial charge in [0, 0.05) is 31.9 Å². The lowest BCUT2D eigenvalue weighted by Gasteiger charge is -2.35. The summed E-state index contributed by atoms with van der Waals surface area (Å²) in [6, 6.07) is 10.5. The standard InChI is InChI=1S/C12H15N5S/c13-11-14-15-12(18-11)17-8-6-16(7-9-17)10-4-2-1-3-5-10/h1-5H,6-9H2,(H2,13,14). The number of nitrogens with zero attached hydrogens (tertiary/aromatic N) is 4. The van der Waals surface area contributed by atoms with E-state index in [0.717, 1.165) is 31.3 Å². The molecule has 1 aromatic carbocycles. The predicted octanol–water partition coefficient (Wildman–Crippen LogP) is 1.45. The van der Waals surface area contributed by atoms with Crippen molar-refractivity contribution in [2.45, 2.75) is 0 Å². The molecule has 94 valence electrons. The fourth-order valence-corrected chi connectivity index (χ4v) is 2.81. The largest absolute Gasteiger partial charge is 0.374 e. The highest BCUT2D eigenvalue weighted by Crippen LogP contribution is 2.24. The van der Waals surface area contributed by atoms with E-state index in [1.165, 1.54) is 17.0 Å². The zero-order chi connectivity index (χ0) is 12.4. The van der Waals surface area contributed by atoms with Crippen molar-refractivity contribution in [1.82, 2.24) is 10.2 Å². The minimum Gasteiger partial charge on any atom is -0.374 e. The van der Waals surface area contributed by atoms with Gasteiger partial charge in [-0.2, -0.15) is 0 Å². The van der Waals surface area contributed by atoms with E-state index in [4.69, 9.17) is 5.73 Å². The summed E-state index contributed by atoms with van der Waals surface area (Å²) in [6.07, 6.45) is 0. The summed E-state index contributed by atoms with van der Waals surface area (Å²) >= 11 is 1.45. The number of rotatable bonds is 2. The van der Waals surface area contributed by atoms with Crippen LogP contribution in [0, 0.1) is 0 Å². The first-order valence-corrected chi connectivity index (χ1v) is 6.78. The number of piperazine rings is 1. The third-order valence-electron chi connectivity index (χ3n) is 3.10. The molecule has 1 aliphatic rings. The molecule has 18 heavy (non-hydrogen) atoms. The minimum absolute atomic E-state index is 0.537. The van der Waals surface area contributed by atoms with Gasteiger partial charge in [0.2, 0.25) is 10.3 Å². The molecule has 5 nitrogen and oxygen atoms in total. The molecule has 3 rings (SSSR count). The predicted molar refractivity (Wildman–Crippen MR) is 75.2 cm³/mol. The molecule has 2 N–H and O–H groups in total. The topological polar surface area (TPSA) is 58.3 Å². The minimum atomic E-state index is 0.537. The molecule has 0 aliphatic carbocycles. The van der Waals surface area contributed by atoms with Gasteiger partial charge < -0.3 is 15.5 Å². The highest BCUT2D eigenvalue weighted by molar-refractivity contribution is 7.18. The van der Waals surface area contributed by atoms with Crippen molar-refractivity contribution >= 4 is 27.3 Å². The van der Waals surface area contributed by atoms with E-state index in [-0.39, 0.29) is 0 Å². The molecule has 0 amide bonds. The van der Waals surface area contributed by atoms with Crippen molar-refractivity contribution in [1.29, 1.82) is 0 Å². The smallest absolute Gasteiger partial charge is 0.210 e. The van der Waals surface area contributed by atoms with Crippen LogP contribution in [-0.4, -0.2) is 36.4 Å². The summed E-state index contributed by atoms with van der Waals surface area (Å²) < 4.78 is 0. The van der Waals surface area contributed by atoms with Crippen LogP contribution in [0.4, 0.5) is 16.0 Å². The molecule has 1 aromatic heterocycles. The second-order valence-corrected chi connectivity index (χ2v) is 5.22. The van der Waals surface area contributed by atoms with Crippen LogP contribution in [0.2, 0.25) is 0 Å². The van der Waals surface area contributed by atoms with Gasteiger partial charge in [0.25, 0.3) is 0 Å². The maximum atomic E-state index is 5.61. The Morgan fingerprint density at radius 3 is 2.22 bits per heavy atom. The number of nitrogens with two attached hydrogens (primary N) is 1. The SMILES string of the molecule is Nc1nnc(N2CCN(c3ccccc3)CC2)s1. The van der Waals surface area contributed by atoms with Crippen LogP contribution in [0.25, 0.3) is 0 Å². The van der Waals surface area contributed by atoms with Crippen LogP contribution in [0.3, 0.4) is 0 Å². The van der Waals surface area contributed by atoms with Crippen molar-refractivity contribution in [3.8, 4) is 0 Å². The number of hydrogen-bond acceptors (Lipinski definition) is 6. The van der Waals surface area contributed by atoms with Crippen molar-refractivity contribution < 1.29 is 0 Å². The van der Waals surface area contributed by atoms with Crippen molar-refractivity contribution in [2.75, 3.05) is 41.7 Å². The lowest BCUT2D eigenvalue weighted by Crippen LogP contribution is -2.46. The zero-order valence-corrected chi connectivity index (χ0v) is 10.8. The van der Waals surface area contributed by atoms with Gasteiger partial charge in [-0.3, -0.25) is 0 Å². The number of hydrogen-bond donors (Lipinski definition) is 1. The lowest BCUT2D eigenvalue weighted by atomic mass is 10.2. The van der Waals surface area contributed by atoms with E-state index in [1.54, 1.807) is 0 Å². The molecule has 0 bridgehead atoms. The summed E-state index contributed by atoms with van der Waals surface area (Å²) in [5.41, 5.74) is 6.90. The fourth-order valence-electron chi connectivity index (χ4n) is 2.15. The average molecular weight is 261 g/mol. The Morgan fingerprint density at radius 2 is 1.61 bits per heavy atom. The van der Waals surface area contributed by atoms with E-state index in [0.29, 0.717) is 5.13 Å². The van der Waals surface area contributed by atoms with E-state index in [1.807, 2.05) is 6.07 Å². The molecule has 0 unspecified atom stereocenters. The monoisotopic (exact) mass is 261 g/mol. The summed E-state index contributed by atoms with van der Waals surface area (Å²) in [5.74, 6) is 0. The second-order valence-electron chi connectivity index (χ2n) is 4.23. The average Bonchev–Trinajstić information content (AvgIpc) is 2.87. The molecular weight excluding hydrogens is 246 g/mol. The number of para-hydroxylation sites is 1. The molecule has 1 fully saturated rings. The highest BCUT2D eigenvalue weighted by Gasteiger charge is 2.19. The Balaban J connectivity index is 1.65. The Bertz CT molecular complexity index is 504. The van der Waals surface area contributed by atoms with E-state index in [2.05, 4.69) is 44.3 Å². The van der Waals surface area contributed by atoms with E-state index < -0.39 is 0 Å². The zero-order valence-electron chi connectivity index (χ0n) is 9.99. The van der Waals surface area contributed by atoms with E-state index in [9.17, 15) is 0 Å². The van der Waals surface area contributed by atoms with Gasteiger partial charge in [-0.25, -0.2) is 0 Å².